The summed E-state index contributed by atoms with van der Waals surface area (Å²) in [6, 6.07) is 0. The zero-order chi connectivity index (χ0) is 17.8. The summed E-state index contributed by atoms with van der Waals surface area (Å²) in [6.45, 7) is 6.48. The molecule has 0 bridgehead atoms. The summed E-state index contributed by atoms with van der Waals surface area (Å²) < 4.78 is 10.9. The Balaban J connectivity index is 2.45. The molecule has 1 aliphatic heterocycles. The first-order chi connectivity index (χ1) is 11.6. The summed E-state index contributed by atoms with van der Waals surface area (Å²) in [6.07, 6.45) is 4.26. The number of guanidine groups is 1. The van der Waals surface area contributed by atoms with Gasteiger partial charge >= 0.3 is 0 Å². The van der Waals surface area contributed by atoms with Crippen LogP contribution in [-0.4, -0.2) is 88.4 Å². The Kier molecular flexibility index (Phi) is 10.4. The molecule has 1 rings (SSSR count). The van der Waals surface area contributed by atoms with E-state index < -0.39 is 0 Å². The molecular formula is C17H34N4O3. The van der Waals surface area contributed by atoms with Gasteiger partial charge in [0.25, 0.3) is 0 Å². The molecule has 1 fully saturated rings. The SMILES string of the molecule is CCCNC(=NCC(=O)N(C)C)N1CCC(OCCCOC)CC1. The molecular weight excluding hydrogens is 308 g/mol. The van der Waals surface area contributed by atoms with Crippen molar-refractivity contribution >= 4 is 11.9 Å². The summed E-state index contributed by atoms with van der Waals surface area (Å²) in [5, 5.41) is 3.36. The van der Waals surface area contributed by atoms with Gasteiger partial charge in [-0.15, -0.1) is 0 Å². The molecule has 140 valence electrons. The molecule has 1 saturated heterocycles. The van der Waals surface area contributed by atoms with Crippen molar-refractivity contribution < 1.29 is 14.3 Å². The van der Waals surface area contributed by atoms with Gasteiger partial charge in [0.1, 0.15) is 6.54 Å². The Bertz CT molecular complexity index is 380. The maximum Gasteiger partial charge on any atom is 0.243 e. The number of hydrogen-bond donors (Lipinski definition) is 1. The van der Waals surface area contributed by atoms with Gasteiger partial charge in [0.15, 0.2) is 5.96 Å². The number of piperidine rings is 1. The number of nitrogens with one attached hydrogen (secondary N) is 1. The lowest BCUT2D eigenvalue weighted by Gasteiger charge is -2.34. The van der Waals surface area contributed by atoms with Crippen LogP contribution in [0, 0.1) is 0 Å². The number of nitrogens with zero attached hydrogens (tertiary/aromatic N) is 3. The molecule has 24 heavy (non-hydrogen) atoms. The highest BCUT2D eigenvalue weighted by molar-refractivity contribution is 5.84. The summed E-state index contributed by atoms with van der Waals surface area (Å²) in [5.41, 5.74) is 0. The smallest absolute Gasteiger partial charge is 0.243 e. The van der Waals surface area contributed by atoms with Crippen LogP contribution in [0.15, 0.2) is 4.99 Å². The molecule has 1 aliphatic rings. The first kappa shape index (κ1) is 20.7. The topological polar surface area (TPSA) is 66.4 Å². The van der Waals surface area contributed by atoms with Crippen molar-refractivity contribution in [2.45, 2.75) is 38.7 Å². The maximum atomic E-state index is 11.8. The standard InChI is InChI=1S/C17H34N4O3/c1-5-9-18-17(19-14-16(22)20(2)3)21-10-7-15(8-11-21)24-13-6-12-23-4/h15H,5-14H2,1-4H3,(H,18,19). The minimum atomic E-state index is 0.0159. The highest BCUT2D eigenvalue weighted by Gasteiger charge is 2.22. The summed E-state index contributed by atoms with van der Waals surface area (Å²) in [7, 11) is 5.22. The van der Waals surface area contributed by atoms with Gasteiger partial charge in [-0.05, 0) is 25.7 Å². The highest BCUT2D eigenvalue weighted by atomic mass is 16.5. The average Bonchev–Trinajstić information content (AvgIpc) is 2.59. The van der Waals surface area contributed by atoms with Crippen molar-refractivity contribution in [3.63, 3.8) is 0 Å². The Hall–Kier alpha value is -1.34. The van der Waals surface area contributed by atoms with Gasteiger partial charge in [0.2, 0.25) is 5.91 Å². The fourth-order valence-electron chi connectivity index (χ4n) is 2.48. The third-order valence-electron chi connectivity index (χ3n) is 3.98. The van der Waals surface area contributed by atoms with Gasteiger partial charge in [-0.2, -0.15) is 0 Å². The van der Waals surface area contributed by atoms with Crippen LogP contribution in [0.5, 0.6) is 0 Å². The fourth-order valence-corrected chi connectivity index (χ4v) is 2.48. The minimum absolute atomic E-state index is 0.0159. The molecule has 0 aromatic carbocycles. The molecule has 0 aromatic heterocycles. The molecule has 0 atom stereocenters. The Morgan fingerprint density at radius 1 is 1.29 bits per heavy atom. The molecule has 0 unspecified atom stereocenters. The number of rotatable bonds is 9. The predicted molar refractivity (Wildman–Crippen MR) is 96.3 cm³/mol. The third-order valence-corrected chi connectivity index (χ3v) is 3.98. The quantitative estimate of drug-likeness (QED) is 0.384. The predicted octanol–water partition coefficient (Wildman–Crippen LogP) is 0.948. The van der Waals surface area contributed by atoms with Crippen LogP contribution in [0.1, 0.15) is 32.6 Å². The molecule has 0 radical (unpaired) electrons. The van der Waals surface area contributed by atoms with Gasteiger partial charge in [-0.1, -0.05) is 6.92 Å². The van der Waals surface area contributed by atoms with Crippen LogP contribution in [0.3, 0.4) is 0 Å². The van der Waals surface area contributed by atoms with Crippen molar-refractivity contribution in [1.82, 2.24) is 15.1 Å². The molecule has 7 nitrogen and oxygen atoms in total. The van der Waals surface area contributed by atoms with Gasteiger partial charge in [0.05, 0.1) is 6.10 Å². The molecule has 0 spiro atoms. The minimum Gasteiger partial charge on any atom is -0.385 e. The number of likely N-dealkylation sites (tertiary alicyclic amines) is 1. The first-order valence-corrected chi connectivity index (χ1v) is 8.92. The number of methoxy groups -OCH3 is 1. The number of carbonyl (C=O) groups is 1. The van der Waals surface area contributed by atoms with Crippen LogP contribution < -0.4 is 5.32 Å². The molecule has 0 saturated carbocycles. The van der Waals surface area contributed by atoms with Crippen LogP contribution in [0.4, 0.5) is 0 Å². The number of aliphatic imine (C=N–C) groups is 1. The van der Waals surface area contributed by atoms with Gasteiger partial charge in [0, 0.05) is 54.1 Å². The van der Waals surface area contributed by atoms with E-state index in [1.165, 1.54) is 0 Å². The van der Waals surface area contributed by atoms with E-state index in [-0.39, 0.29) is 12.5 Å². The second-order valence-corrected chi connectivity index (χ2v) is 6.26. The lowest BCUT2D eigenvalue weighted by atomic mass is 10.1. The average molecular weight is 342 g/mol. The zero-order valence-electron chi connectivity index (χ0n) is 15.7. The molecule has 1 amide bonds. The fraction of sp³-hybridized carbons (Fsp3) is 0.882. The lowest BCUT2D eigenvalue weighted by Crippen LogP contribution is -2.47. The van der Waals surface area contributed by atoms with E-state index >= 15 is 0 Å². The number of amides is 1. The molecule has 1 heterocycles. The van der Waals surface area contributed by atoms with E-state index in [1.54, 1.807) is 26.1 Å². The van der Waals surface area contributed by atoms with E-state index in [9.17, 15) is 4.79 Å². The lowest BCUT2D eigenvalue weighted by molar-refractivity contribution is -0.127. The van der Waals surface area contributed by atoms with Crippen LogP contribution in [0.25, 0.3) is 0 Å². The normalized spacial score (nSPS) is 16.3. The third kappa shape index (κ3) is 7.97. The zero-order valence-corrected chi connectivity index (χ0v) is 15.7. The summed E-state index contributed by atoms with van der Waals surface area (Å²) in [4.78, 5) is 20.1. The van der Waals surface area contributed by atoms with Gasteiger partial charge in [-0.3, -0.25) is 4.79 Å². The highest BCUT2D eigenvalue weighted by Crippen LogP contribution is 2.14. The molecule has 1 N–H and O–H groups in total. The molecule has 0 aromatic rings. The van der Waals surface area contributed by atoms with Crippen molar-refractivity contribution in [3.05, 3.63) is 0 Å². The van der Waals surface area contributed by atoms with E-state index in [1.807, 2.05) is 0 Å². The second-order valence-electron chi connectivity index (χ2n) is 6.26. The Morgan fingerprint density at radius 3 is 2.58 bits per heavy atom. The molecule has 0 aliphatic carbocycles. The summed E-state index contributed by atoms with van der Waals surface area (Å²) in [5.74, 6) is 0.854. The Morgan fingerprint density at radius 2 is 2.00 bits per heavy atom. The van der Waals surface area contributed by atoms with Crippen LogP contribution in [-0.2, 0) is 14.3 Å². The van der Waals surface area contributed by atoms with Crippen LogP contribution >= 0.6 is 0 Å². The van der Waals surface area contributed by atoms with E-state index in [0.29, 0.717) is 6.10 Å². The van der Waals surface area contributed by atoms with Gasteiger partial charge < -0.3 is 24.6 Å². The van der Waals surface area contributed by atoms with E-state index in [2.05, 4.69) is 22.1 Å². The van der Waals surface area contributed by atoms with Crippen LogP contribution in [0.2, 0.25) is 0 Å². The number of likely N-dealkylation sites (N-methyl/N-ethyl adjacent to an activating group) is 1. The number of hydrogen-bond acceptors (Lipinski definition) is 4. The van der Waals surface area contributed by atoms with E-state index in [0.717, 1.165) is 64.5 Å². The molecule has 7 heteroatoms. The van der Waals surface area contributed by atoms with Crippen molar-refractivity contribution in [2.75, 3.05) is 60.6 Å². The largest absolute Gasteiger partial charge is 0.385 e. The first-order valence-electron chi connectivity index (χ1n) is 8.92. The van der Waals surface area contributed by atoms with Crippen molar-refractivity contribution in [3.8, 4) is 0 Å². The second kappa shape index (κ2) is 12.1. The van der Waals surface area contributed by atoms with E-state index in [4.69, 9.17) is 9.47 Å². The van der Waals surface area contributed by atoms with Gasteiger partial charge in [-0.25, -0.2) is 4.99 Å². The number of ether oxygens (including phenoxy) is 2. The van der Waals surface area contributed by atoms with Crippen molar-refractivity contribution in [2.24, 2.45) is 4.99 Å². The maximum absolute atomic E-state index is 11.8. The monoisotopic (exact) mass is 342 g/mol. The summed E-state index contributed by atoms with van der Waals surface area (Å²) >= 11 is 0. The van der Waals surface area contributed by atoms with Crippen molar-refractivity contribution in [1.29, 1.82) is 0 Å². The Labute approximate surface area is 146 Å². The number of carbonyl (C=O) groups excluding carboxylic acids is 1.